The number of halogens is 1. The number of fused-ring (bicyclic) bond motifs is 1. The van der Waals surface area contributed by atoms with Gasteiger partial charge in [-0.25, -0.2) is 5.01 Å². The fourth-order valence-electron chi connectivity index (χ4n) is 4.22. The lowest BCUT2D eigenvalue weighted by atomic mass is 9.98. The fraction of sp³-hybridized carbons (Fsp3) is 0.318. The third-order valence-corrected chi connectivity index (χ3v) is 6.12. The van der Waals surface area contributed by atoms with Crippen molar-refractivity contribution >= 4 is 34.2 Å². The lowest BCUT2D eigenvalue weighted by Crippen LogP contribution is -2.74. The number of hydrazine groups is 1. The molecule has 0 bridgehead atoms. The summed E-state index contributed by atoms with van der Waals surface area (Å²) in [5, 5.41) is 3.13. The zero-order chi connectivity index (χ0) is 21.3. The third-order valence-electron chi connectivity index (χ3n) is 5.63. The van der Waals surface area contributed by atoms with Crippen LogP contribution in [-0.2, 0) is 27.3 Å². The maximum Gasteiger partial charge on any atom is 0.246 e. The van der Waals surface area contributed by atoms with Gasteiger partial charge in [0.25, 0.3) is 0 Å². The van der Waals surface area contributed by atoms with E-state index >= 15 is 0 Å². The standard InChI is InChI=1S/C22H23BrN4O3/c1-24-14-21(29)27-19(11-16-6-3-2-4-7-16)22(30)25(13-20(27)26(24)15-28)12-17-8-5-9-18(23)10-17/h2-10,15,19-20H,11-14H2,1H3/t19-,20?/m0/s1. The largest absolute Gasteiger partial charge is 0.333 e. The summed E-state index contributed by atoms with van der Waals surface area (Å²) in [6, 6.07) is 16.8. The van der Waals surface area contributed by atoms with Crippen molar-refractivity contribution < 1.29 is 14.4 Å². The summed E-state index contributed by atoms with van der Waals surface area (Å²) < 4.78 is 0.939. The summed E-state index contributed by atoms with van der Waals surface area (Å²) >= 11 is 3.47. The van der Waals surface area contributed by atoms with Gasteiger partial charge in [0.05, 0.1) is 13.1 Å². The predicted molar refractivity (Wildman–Crippen MR) is 115 cm³/mol. The van der Waals surface area contributed by atoms with Gasteiger partial charge in [0.15, 0.2) is 0 Å². The van der Waals surface area contributed by atoms with Crippen molar-refractivity contribution in [3.63, 3.8) is 0 Å². The lowest BCUT2D eigenvalue weighted by molar-refractivity contribution is -0.196. The Labute approximate surface area is 183 Å². The molecule has 0 spiro atoms. The maximum atomic E-state index is 13.5. The number of benzene rings is 2. The highest BCUT2D eigenvalue weighted by Gasteiger charge is 2.48. The van der Waals surface area contributed by atoms with E-state index in [0.29, 0.717) is 13.0 Å². The Kier molecular flexibility index (Phi) is 5.87. The molecule has 2 heterocycles. The predicted octanol–water partition coefficient (Wildman–Crippen LogP) is 1.88. The van der Waals surface area contributed by atoms with E-state index in [1.165, 1.54) is 5.01 Å². The number of piperazine rings is 1. The Bertz CT molecular complexity index is 954. The van der Waals surface area contributed by atoms with Gasteiger partial charge in [-0.2, -0.15) is 0 Å². The van der Waals surface area contributed by atoms with Gasteiger partial charge in [0, 0.05) is 24.5 Å². The molecule has 2 aromatic carbocycles. The summed E-state index contributed by atoms with van der Waals surface area (Å²) in [6.07, 6.45) is 0.622. The Morgan fingerprint density at radius 2 is 1.80 bits per heavy atom. The molecule has 4 rings (SSSR count). The Morgan fingerprint density at radius 3 is 2.50 bits per heavy atom. The first-order valence-electron chi connectivity index (χ1n) is 9.81. The van der Waals surface area contributed by atoms with Crippen molar-refractivity contribution in [1.82, 2.24) is 19.8 Å². The molecule has 1 unspecified atom stereocenters. The molecule has 2 atom stereocenters. The first-order chi connectivity index (χ1) is 14.5. The lowest BCUT2D eigenvalue weighted by Gasteiger charge is -2.53. The van der Waals surface area contributed by atoms with Crippen molar-refractivity contribution in [3.8, 4) is 0 Å². The molecule has 7 nitrogen and oxygen atoms in total. The summed E-state index contributed by atoms with van der Waals surface area (Å²) in [4.78, 5) is 41.6. The minimum Gasteiger partial charge on any atom is -0.333 e. The second-order valence-corrected chi connectivity index (χ2v) is 8.55. The second kappa shape index (κ2) is 8.57. The Morgan fingerprint density at radius 1 is 1.07 bits per heavy atom. The zero-order valence-corrected chi connectivity index (χ0v) is 18.2. The van der Waals surface area contributed by atoms with Crippen LogP contribution in [0.3, 0.4) is 0 Å². The molecular weight excluding hydrogens is 448 g/mol. The van der Waals surface area contributed by atoms with Crippen LogP contribution in [0.5, 0.6) is 0 Å². The highest BCUT2D eigenvalue weighted by atomic mass is 79.9. The third kappa shape index (κ3) is 3.97. The number of hydrogen-bond donors (Lipinski definition) is 0. The summed E-state index contributed by atoms with van der Waals surface area (Å²) in [6.45, 7) is 0.753. The average molecular weight is 471 g/mol. The van der Waals surface area contributed by atoms with Gasteiger partial charge < -0.3 is 9.80 Å². The van der Waals surface area contributed by atoms with Crippen molar-refractivity contribution in [3.05, 3.63) is 70.2 Å². The number of rotatable bonds is 5. The van der Waals surface area contributed by atoms with Crippen LogP contribution >= 0.6 is 15.9 Å². The van der Waals surface area contributed by atoms with E-state index < -0.39 is 12.2 Å². The van der Waals surface area contributed by atoms with Gasteiger partial charge in [-0.05, 0) is 23.3 Å². The Balaban J connectivity index is 1.68. The van der Waals surface area contributed by atoms with Gasteiger partial charge in [-0.3, -0.25) is 19.4 Å². The van der Waals surface area contributed by atoms with Crippen LogP contribution < -0.4 is 0 Å². The van der Waals surface area contributed by atoms with E-state index in [4.69, 9.17) is 0 Å². The van der Waals surface area contributed by atoms with Crippen LogP contribution in [0, 0.1) is 0 Å². The summed E-state index contributed by atoms with van der Waals surface area (Å²) in [7, 11) is 1.71. The molecule has 0 saturated carbocycles. The fourth-order valence-corrected chi connectivity index (χ4v) is 4.67. The number of likely N-dealkylation sites (N-methyl/N-ethyl adjacent to an activating group) is 1. The van der Waals surface area contributed by atoms with Crippen molar-refractivity contribution in [2.24, 2.45) is 0 Å². The molecule has 2 saturated heterocycles. The molecule has 30 heavy (non-hydrogen) atoms. The van der Waals surface area contributed by atoms with Crippen molar-refractivity contribution in [2.45, 2.75) is 25.2 Å². The smallest absolute Gasteiger partial charge is 0.246 e. The zero-order valence-electron chi connectivity index (χ0n) is 16.6. The molecule has 0 N–H and O–H groups in total. The van der Waals surface area contributed by atoms with Crippen LogP contribution in [0.15, 0.2) is 59.1 Å². The molecule has 3 amide bonds. The van der Waals surface area contributed by atoms with Crippen LogP contribution in [-0.4, -0.2) is 70.4 Å². The summed E-state index contributed by atoms with van der Waals surface area (Å²) in [5.74, 6) is -0.240. The first kappa shape index (κ1) is 20.6. The van der Waals surface area contributed by atoms with Crippen LogP contribution in [0.25, 0.3) is 0 Å². The number of hydrogen-bond acceptors (Lipinski definition) is 4. The highest BCUT2D eigenvalue weighted by Crippen LogP contribution is 2.28. The van der Waals surface area contributed by atoms with Crippen LogP contribution in [0.1, 0.15) is 11.1 Å². The van der Waals surface area contributed by atoms with Crippen LogP contribution in [0.2, 0.25) is 0 Å². The van der Waals surface area contributed by atoms with E-state index in [9.17, 15) is 14.4 Å². The molecule has 2 aliphatic rings. The first-order valence-corrected chi connectivity index (χ1v) is 10.6. The molecule has 2 fully saturated rings. The molecule has 8 heteroatoms. The van der Waals surface area contributed by atoms with Crippen molar-refractivity contribution in [1.29, 1.82) is 0 Å². The van der Waals surface area contributed by atoms with E-state index in [1.54, 1.807) is 21.9 Å². The molecule has 2 aliphatic heterocycles. The SMILES string of the molecule is CN1CC(=O)N2C(CN(Cc3cccc(Br)c3)C(=O)[C@@H]2Cc2ccccc2)N1C=O. The quantitative estimate of drug-likeness (QED) is 0.625. The molecule has 0 aromatic heterocycles. The van der Waals surface area contributed by atoms with Gasteiger partial charge in [-0.15, -0.1) is 0 Å². The van der Waals surface area contributed by atoms with E-state index in [2.05, 4.69) is 15.9 Å². The molecule has 0 aliphatic carbocycles. The van der Waals surface area contributed by atoms with Crippen molar-refractivity contribution in [2.75, 3.05) is 20.1 Å². The van der Waals surface area contributed by atoms with Gasteiger partial charge in [0.2, 0.25) is 18.2 Å². The normalized spacial score (nSPS) is 22.3. The molecular formula is C22H23BrN4O3. The number of nitrogens with zero attached hydrogens (tertiary/aromatic N) is 4. The monoisotopic (exact) mass is 470 g/mol. The van der Waals surface area contributed by atoms with E-state index in [1.807, 2.05) is 54.6 Å². The van der Waals surface area contributed by atoms with Gasteiger partial charge >= 0.3 is 0 Å². The molecule has 156 valence electrons. The average Bonchev–Trinajstić information content (AvgIpc) is 2.72. The minimum atomic E-state index is -0.651. The summed E-state index contributed by atoms with van der Waals surface area (Å²) in [5.41, 5.74) is 1.96. The van der Waals surface area contributed by atoms with Gasteiger partial charge in [-0.1, -0.05) is 58.4 Å². The maximum absolute atomic E-state index is 13.5. The van der Waals surface area contributed by atoms with Crippen LogP contribution in [0.4, 0.5) is 0 Å². The Hall–Kier alpha value is -2.71. The molecule has 0 radical (unpaired) electrons. The van der Waals surface area contributed by atoms with Gasteiger partial charge in [0.1, 0.15) is 12.2 Å². The number of carbonyl (C=O) groups excluding carboxylic acids is 3. The van der Waals surface area contributed by atoms with E-state index in [-0.39, 0.29) is 24.9 Å². The minimum absolute atomic E-state index is 0.0689. The molecule has 2 aromatic rings. The number of amides is 3. The highest BCUT2D eigenvalue weighted by molar-refractivity contribution is 9.10. The number of carbonyl (C=O) groups is 3. The topological polar surface area (TPSA) is 64.2 Å². The second-order valence-electron chi connectivity index (χ2n) is 7.64. The van der Waals surface area contributed by atoms with E-state index in [0.717, 1.165) is 22.0 Å².